The van der Waals surface area contributed by atoms with Crippen LogP contribution in [0, 0.1) is 10.1 Å². The number of benzene rings is 2. The fourth-order valence-electron chi connectivity index (χ4n) is 2.08. The average molecular weight is 281 g/mol. The zero-order valence-electron chi connectivity index (χ0n) is 10.5. The molecule has 2 aromatic heterocycles. The molecule has 0 radical (unpaired) electrons. The molecule has 0 fully saturated rings. The highest BCUT2D eigenvalue weighted by Crippen LogP contribution is 2.28. The van der Waals surface area contributed by atoms with E-state index in [9.17, 15) is 10.1 Å². The normalized spacial score (nSPS) is 11.2. The molecule has 0 aliphatic carbocycles. The summed E-state index contributed by atoms with van der Waals surface area (Å²) in [5, 5.41) is 10.8. The van der Waals surface area contributed by atoms with Crippen LogP contribution in [0.5, 0.6) is 0 Å². The lowest BCUT2D eigenvalue weighted by Crippen LogP contribution is -1.86. The van der Waals surface area contributed by atoms with E-state index in [1.807, 2.05) is 18.2 Å². The molecule has 0 aliphatic rings. The number of non-ortho nitro benzene ring substituents is 1. The van der Waals surface area contributed by atoms with E-state index in [0.29, 0.717) is 22.2 Å². The number of oxazole rings is 2. The van der Waals surface area contributed by atoms with Crippen molar-refractivity contribution in [2.24, 2.45) is 0 Å². The monoisotopic (exact) mass is 281 g/mol. The molecular weight excluding hydrogens is 274 g/mol. The van der Waals surface area contributed by atoms with Crippen molar-refractivity contribution >= 4 is 27.9 Å². The number of nitro groups is 1. The van der Waals surface area contributed by atoms with Gasteiger partial charge in [-0.15, -0.1) is 0 Å². The Labute approximate surface area is 117 Å². The van der Waals surface area contributed by atoms with E-state index in [4.69, 9.17) is 8.83 Å². The van der Waals surface area contributed by atoms with Crippen LogP contribution < -0.4 is 0 Å². The van der Waals surface area contributed by atoms with Crippen LogP contribution in [-0.4, -0.2) is 14.9 Å². The predicted molar refractivity (Wildman–Crippen MR) is 73.7 cm³/mol. The minimum atomic E-state index is -0.485. The van der Waals surface area contributed by atoms with Gasteiger partial charge in [-0.25, -0.2) is 9.97 Å². The van der Waals surface area contributed by atoms with Crippen LogP contribution in [0.15, 0.2) is 51.3 Å². The average Bonchev–Trinajstić information content (AvgIpc) is 3.09. The number of aromatic nitrogens is 2. The number of nitrogens with zero attached hydrogens (tertiary/aromatic N) is 3. The summed E-state index contributed by atoms with van der Waals surface area (Å²) in [6, 6.07) is 11.5. The first-order valence-electron chi connectivity index (χ1n) is 6.12. The van der Waals surface area contributed by atoms with Crippen molar-refractivity contribution in [3.05, 3.63) is 52.6 Å². The van der Waals surface area contributed by atoms with Gasteiger partial charge in [-0.1, -0.05) is 12.1 Å². The van der Waals surface area contributed by atoms with E-state index in [-0.39, 0.29) is 17.5 Å². The zero-order chi connectivity index (χ0) is 14.4. The first-order chi connectivity index (χ1) is 10.2. The predicted octanol–water partition coefficient (Wildman–Crippen LogP) is 3.54. The molecule has 21 heavy (non-hydrogen) atoms. The Bertz CT molecular complexity index is 953. The maximum absolute atomic E-state index is 10.8. The van der Waals surface area contributed by atoms with Gasteiger partial charge in [-0.2, -0.15) is 0 Å². The van der Waals surface area contributed by atoms with Gasteiger partial charge in [0, 0.05) is 6.07 Å². The van der Waals surface area contributed by atoms with Crippen molar-refractivity contribution in [2.75, 3.05) is 0 Å². The van der Waals surface area contributed by atoms with Crippen molar-refractivity contribution in [1.82, 2.24) is 9.97 Å². The fraction of sp³-hybridized carbons (Fsp3) is 0. The second-order valence-electron chi connectivity index (χ2n) is 4.41. The molecule has 0 saturated carbocycles. The third kappa shape index (κ3) is 1.83. The van der Waals surface area contributed by atoms with Crippen LogP contribution in [0.25, 0.3) is 34.0 Å². The van der Waals surface area contributed by atoms with Crippen LogP contribution in [0.1, 0.15) is 0 Å². The molecule has 0 amide bonds. The molecule has 0 atom stereocenters. The number of hydrogen-bond donors (Lipinski definition) is 0. The van der Waals surface area contributed by atoms with Gasteiger partial charge < -0.3 is 8.83 Å². The maximum Gasteiger partial charge on any atom is 0.284 e. The molecule has 102 valence electrons. The Hall–Kier alpha value is -3.22. The first kappa shape index (κ1) is 11.6. The van der Waals surface area contributed by atoms with Crippen LogP contribution in [0.4, 0.5) is 5.69 Å². The lowest BCUT2D eigenvalue weighted by atomic mass is 10.3. The second kappa shape index (κ2) is 4.14. The summed E-state index contributed by atoms with van der Waals surface area (Å²) in [5.41, 5.74) is 2.10. The second-order valence-corrected chi connectivity index (χ2v) is 4.41. The number of rotatable bonds is 2. The summed E-state index contributed by atoms with van der Waals surface area (Å²) < 4.78 is 11.1. The Morgan fingerprint density at radius 3 is 2.29 bits per heavy atom. The molecule has 4 rings (SSSR count). The minimum absolute atomic E-state index is 0.0530. The van der Waals surface area contributed by atoms with Crippen molar-refractivity contribution in [3.63, 3.8) is 0 Å². The molecule has 7 nitrogen and oxygen atoms in total. The van der Waals surface area contributed by atoms with E-state index < -0.39 is 4.92 Å². The highest BCUT2D eigenvalue weighted by molar-refractivity contribution is 5.79. The summed E-state index contributed by atoms with van der Waals surface area (Å²) in [6.07, 6.45) is 0. The van der Waals surface area contributed by atoms with Gasteiger partial charge in [0.2, 0.25) is 0 Å². The van der Waals surface area contributed by atoms with Gasteiger partial charge in [-0.05, 0) is 18.2 Å². The van der Waals surface area contributed by atoms with Gasteiger partial charge in [-0.3, -0.25) is 10.1 Å². The summed E-state index contributed by atoms with van der Waals surface area (Å²) in [5.74, 6) is 0.441. The van der Waals surface area contributed by atoms with Crippen LogP contribution in [-0.2, 0) is 0 Å². The van der Waals surface area contributed by atoms with Gasteiger partial charge >= 0.3 is 0 Å². The minimum Gasteiger partial charge on any atom is -0.432 e. The Morgan fingerprint density at radius 2 is 1.57 bits per heavy atom. The topological polar surface area (TPSA) is 95.2 Å². The van der Waals surface area contributed by atoms with E-state index >= 15 is 0 Å². The number of para-hydroxylation sites is 2. The van der Waals surface area contributed by atoms with Crippen LogP contribution in [0.2, 0.25) is 0 Å². The van der Waals surface area contributed by atoms with Gasteiger partial charge in [0.15, 0.2) is 11.2 Å². The molecule has 2 heterocycles. The standard InChI is InChI=1S/C14H7N3O4/c18-17(19)8-5-6-10-12(7-8)21-14(16-10)13-15-9-3-1-2-4-11(9)20-13/h1-7H. The lowest BCUT2D eigenvalue weighted by molar-refractivity contribution is -0.384. The quantitative estimate of drug-likeness (QED) is 0.412. The molecule has 0 bridgehead atoms. The molecule has 4 aromatic rings. The van der Waals surface area contributed by atoms with E-state index in [0.717, 1.165) is 0 Å². The molecule has 0 unspecified atom stereocenters. The molecular formula is C14H7N3O4. The van der Waals surface area contributed by atoms with Crippen molar-refractivity contribution < 1.29 is 13.8 Å². The van der Waals surface area contributed by atoms with Crippen LogP contribution >= 0.6 is 0 Å². The number of hydrogen-bond acceptors (Lipinski definition) is 6. The number of fused-ring (bicyclic) bond motifs is 2. The Balaban J connectivity index is 1.87. The largest absolute Gasteiger partial charge is 0.432 e. The number of nitro benzene ring substituents is 1. The summed E-state index contributed by atoms with van der Waals surface area (Å²) in [4.78, 5) is 18.8. The highest BCUT2D eigenvalue weighted by Gasteiger charge is 2.16. The van der Waals surface area contributed by atoms with E-state index in [1.54, 1.807) is 6.07 Å². The summed E-state index contributed by atoms with van der Waals surface area (Å²) in [6.45, 7) is 0. The van der Waals surface area contributed by atoms with E-state index in [1.165, 1.54) is 18.2 Å². The van der Waals surface area contributed by atoms with Crippen LogP contribution in [0.3, 0.4) is 0 Å². The molecule has 0 saturated heterocycles. The zero-order valence-corrected chi connectivity index (χ0v) is 10.5. The SMILES string of the molecule is O=[N+]([O-])c1ccc2nc(-c3nc4ccccc4o3)oc2c1. The third-order valence-electron chi connectivity index (χ3n) is 3.06. The molecule has 0 spiro atoms. The highest BCUT2D eigenvalue weighted by atomic mass is 16.6. The Kier molecular flexibility index (Phi) is 2.28. The Morgan fingerprint density at radius 1 is 0.905 bits per heavy atom. The molecule has 0 N–H and O–H groups in total. The van der Waals surface area contributed by atoms with Gasteiger partial charge in [0.05, 0.1) is 11.0 Å². The molecule has 2 aromatic carbocycles. The fourth-order valence-corrected chi connectivity index (χ4v) is 2.08. The third-order valence-corrected chi connectivity index (χ3v) is 3.06. The van der Waals surface area contributed by atoms with E-state index in [2.05, 4.69) is 9.97 Å². The lowest BCUT2D eigenvalue weighted by Gasteiger charge is -1.88. The maximum atomic E-state index is 10.8. The smallest absolute Gasteiger partial charge is 0.284 e. The first-order valence-corrected chi connectivity index (χ1v) is 6.12. The summed E-state index contributed by atoms with van der Waals surface area (Å²) >= 11 is 0. The molecule has 7 heteroatoms. The molecule has 0 aliphatic heterocycles. The van der Waals surface area contributed by atoms with Crippen molar-refractivity contribution in [1.29, 1.82) is 0 Å². The van der Waals surface area contributed by atoms with Crippen molar-refractivity contribution in [3.8, 4) is 11.8 Å². The van der Waals surface area contributed by atoms with Gasteiger partial charge in [0.1, 0.15) is 11.0 Å². The van der Waals surface area contributed by atoms with Gasteiger partial charge in [0.25, 0.3) is 17.5 Å². The summed E-state index contributed by atoms with van der Waals surface area (Å²) in [7, 11) is 0. The van der Waals surface area contributed by atoms with Crippen molar-refractivity contribution in [2.45, 2.75) is 0 Å².